The van der Waals surface area contributed by atoms with Crippen LogP contribution in [0.5, 0.6) is 0 Å². The van der Waals surface area contributed by atoms with Gasteiger partial charge in [-0.25, -0.2) is 0 Å². The molecule has 1 heterocycles. The van der Waals surface area contributed by atoms with Crippen molar-refractivity contribution < 1.29 is 14.3 Å². The average Bonchev–Trinajstić information content (AvgIpc) is 2.96. The SMILES string of the molecule is CCCC(OCC)(OCC)C(C)n1c(C)cc(C(=O)c2ccccc2)c1C. The first-order valence-electron chi connectivity index (χ1n) is 9.97. The van der Waals surface area contributed by atoms with Crippen molar-refractivity contribution in [1.29, 1.82) is 0 Å². The normalized spacial score (nSPS) is 13.0. The lowest BCUT2D eigenvalue weighted by Gasteiger charge is -2.40. The number of carbonyl (C=O) groups excluding carboxylic acids is 1. The molecule has 1 unspecified atom stereocenters. The summed E-state index contributed by atoms with van der Waals surface area (Å²) in [5.74, 6) is -0.643. The quantitative estimate of drug-likeness (QED) is 0.411. The van der Waals surface area contributed by atoms with Crippen LogP contribution >= 0.6 is 0 Å². The molecule has 2 aromatic rings. The number of benzene rings is 1. The van der Waals surface area contributed by atoms with Crippen LogP contribution in [0.15, 0.2) is 36.4 Å². The van der Waals surface area contributed by atoms with E-state index in [9.17, 15) is 4.79 Å². The summed E-state index contributed by atoms with van der Waals surface area (Å²) >= 11 is 0. The highest BCUT2D eigenvalue weighted by atomic mass is 16.7. The molecule has 0 spiro atoms. The van der Waals surface area contributed by atoms with Crippen LogP contribution in [-0.2, 0) is 9.47 Å². The first-order valence-corrected chi connectivity index (χ1v) is 9.97. The van der Waals surface area contributed by atoms with E-state index < -0.39 is 5.79 Å². The molecule has 0 aliphatic carbocycles. The number of rotatable bonds is 10. The zero-order valence-corrected chi connectivity index (χ0v) is 17.5. The predicted molar refractivity (Wildman–Crippen MR) is 109 cm³/mol. The van der Waals surface area contributed by atoms with Gasteiger partial charge in [0, 0.05) is 42.1 Å². The third-order valence-corrected chi connectivity index (χ3v) is 5.16. The zero-order valence-electron chi connectivity index (χ0n) is 17.5. The van der Waals surface area contributed by atoms with E-state index in [1.807, 2.05) is 64.1 Å². The van der Waals surface area contributed by atoms with Gasteiger partial charge in [-0.1, -0.05) is 43.7 Å². The fraction of sp³-hybridized carbons (Fsp3) is 0.522. The molecule has 1 atom stereocenters. The molecule has 0 saturated heterocycles. The molecule has 0 amide bonds. The van der Waals surface area contributed by atoms with Gasteiger partial charge in [0.2, 0.25) is 0 Å². The number of aryl methyl sites for hydroxylation is 1. The number of carbonyl (C=O) groups is 1. The fourth-order valence-electron chi connectivity index (χ4n) is 4.02. The van der Waals surface area contributed by atoms with Crippen molar-refractivity contribution in [3.8, 4) is 0 Å². The minimum Gasteiger partial charge on any atom is -0.348 e. The molecule has 4 heteroatoms. The maximum absolute atomic E-state index is 13.0. The van der Waals surface area contributed by atoms with Crippen molar-refractivity contribution in [2.24, 2.45) is 0 Å². The van der Waals surface area contributed by atoms with Crippen LogP contribution in [0, 0.1) is 13.8 Å². The van der Waals surface area contributed by atoms with E-state index in [1.54, 1.807) is 0 Å². The summed E-state index contributed by atoms with van der Waals surface area (Å²) in [7, 11) is 0. The molecule has 4 nitrogen and oxygen atoms in total. The lowest BCUT2D eigenvalue weighted by atomic mass is 10.0. The molecule has 0 aliphatic rings. The Labute approximate surface area is 163 Å². The maximum Gasteiger partial charge on any atom is 0.194 e. The number of aromatic nitrogens is 1. The van der Waals surface area contributed by atoms with E-state index in [0.717, 1.165) is 29.8 Å². The van der Waals surface area contributed by atoms with Gasteiger partial charge in [-0.2, -0.15) is 0 Å². The Morgan fingerprint density at radius 1 is 1.07 bits per heavy atom. The number of ketones is 1. The predicted octanol–water partition coefficient (Wildman–Crippen LogP) is 5.47. The Hall–Kier alpha value is -1.91. The number of hydrogen-bond donors (Lipinski definition) is 0. The van der Waals surface area contributed by atoms with Crippen molar-refractivity contribution in [2.45, 2.75) is 66.2 Å². The second kappa shape index (κ2) is 9.34. The Morgan fingerprint density at radius 3 is 2.19 bits per heavy atom. The van der Waals surface area contributed by atoms with Gasteiger partial charge in [0.1, 0.15) is 0 Å². The van der Waals surface area contributed by atoms with Gasteiger partial charge in [0.05, 0.1) is 6.04 Å². The lowest BCUT2D eigenvalue weighted by Crippen LogP contribution is -2.44. The molecular formula is C23H33NO3. The van der Waals surface area contributed by atoms with E-state index in [0.29, 0.717) is 18.8 Å². The molecule has 1 aromatic carbocycles. The zero-order chi connectivity index (χ0) is 20.0. The van der Waals surface area contributed by atoms with Gasteiger partial charge in [-0.3, -0.25) is 4.79 Å². The van der Waals surface area contributed by atoms with Gasteiger partial charge >= 0.3 is 0 Å². The first-order chi connectivity index (χ1) is 12.9. The van der Waals surface area contributed by atoms with Gasteiger partial charge < -0.3 is 14.0 Å². The molecule has 1 aromatic heterocycles. The van der Waals surface area contributed by atoms with Crippen LogP contribution in [-0.4, -0.2) is 29.4 Å². The van der Waals surface area contributed by atoms with Crippen molar-refractivity contribution in [2.75, 3.05) is 13.2 Å². The van der Waals surface area contributed by atoms with E-state index in [4.69, 9.17) is 9.47 Å². The number of hydrogen-bond acceptors (Lipinski definition) is 3. The molecule has 0 N–H and O–H groups in total. The van der Waals surface area contributed by atoms with Crippen LogP contribution in [0.4, 0.5) is 0 Å². The largest absolute Gasteiger partial charge is 0.348 e. The highest BCUT2D eigenvalue weighted by molar-refractivity contribution is 6.09. The van der Waals surface area contributed by atoms with Crippen LogP contribution < -0.4 is 0 Å². The second-order valence-electron chi connectivity index (χ2n) is 6.95. The maximum atomic E-state index is 13.0. The molecule has 148 valence electrons. The van der Waals surface area contributed by atoms with Crippen molar-refractivity contribution in [1.82, 2.24) is 4.57 Å². The van der Waals surface area contributed by atoms with Crippen LogP contribution in [0.1, 0.15) is 73.9 Å². The highest BCUT2D eigenvalue weighted by Gasteiger charge is 2.39. The molecular weight excluding hydrogens is 338 g/mol. The van der Waals surface area contributed by atoms with Gasteiger partial charge in [-0.15, -0.1) is 0 Å². The third kappa shape index (κ3) is 4.33. The lowest BCUT2D eigenvalue weighted by molar-refractivity contribution is -0.260. The summed E-state index contributed by atoms with van der Waals surface area (Å²) in [5.41, 5.74) is 3.44. The first kappa shape index (κ1) is 21.4. The Balaban J connectivity index is 2.48. The molecule has 0 aliphatic heterocycles. The summed E-state index contributed by atoms with van der Waals surface area (Å²) in [6.07, 6.45) is 1.76. The Bertz CT molecular complexity index is 731. The number of ether oxygens (including phenoxy) is 2. The molecule has 0 fully saturated rings. The minimum absolute atomic E-state index is 0.0466. The van der Waals surface area contributed by atoms with Gasteiger partial charge in [0.25, 0.3) is 0 Å². The van der Waals surface area contributed by atoms with E-state index in [-0.39, 0.29) is 11.8 Å². The minimum atomic E-state index is -0.695. The molecule has 27 heavy (non-hydrogen) atoms. The van der Waals surface area contributed by atoms with Crippen molar-refractivity contribution >= 4 is 5.78 Å². The van der Waals surface area contributed by atoms with Crippen LogP contribution in [0.3, 0.4) is 0 Å². The molecule has 0 radical (unpaired) electrons. The molecule has 2 rings (SSSR count). The fourth-order valence-corrected chi connectivity index (χ4v) is 4.02. The summed E-state index contributed by atoms with van der Waals surface area (Å²) in [6.45, 7) is 13.5. The highest BCUT2D eigenvalue weighted by Crippen LogP contribution is 2.36. The Morgan fingerprint density at radius 2 is 1.67 bits per heavy atom. The molecule has 0 bridgehead atoms. The second-order valence-corrected chi connectivity index (χ2v) is 6.95. The van der Waals surface area contributed by atoms with Crippen LogP contribution in [0.2, 0.25) is 0 Å². The van der Waals surface area contributed by atoms with E-state index in [2.05, 4.69) is 18.4 Å². The van der Waals surface area contributed by atoms with Crippen LogP contribution in [0.25, 0.3) is 0 Å². The summed E-state index contributed by atoms with van der Waals surface area (Å²) < 4.78 is 14.5. The Kier molecular flexibility index (Phi) is 7.40. The van der Waals surface area contributed by atoms with Gasteiger partial charge in [0.15, 0.2) is 11.6 Å². The summed E-state index contributed by atoms with van der Waals surface area (Å²) in [5, 5.41) is 0. The summed E-state index contributed by atoms with van der Waals surface area (Å²) in [6, 6.07) is 11.4. The average molecular weight is 372 g/mol. The number of nitrogens with zero attached hydrogens (tertiary/aromatic N) is 1. The smallest absolute Gasteiger partial charge is 0.194 e. The van der Waals surface area contributed by atoms with Gasteiger partial charge in [-0.05, 0) is 40.7 Å². The van der Waals surface area contributed by atoms with E-state index >= 15 is 0 Å². The van der Waals surface area contributed by atoms with Crippen molar-refractivity contribution in [3.63, 3.8) is 0 Å². The topological polar surface area (TPSA) is 40.5 Å². The van der Waals surface area contributed by atoms with E-state index in [1.165, 1.54) is 0 Å². The molecule has 0 saturated carbocycles. The standard InChI is InChI=1S/C23H33NO3/c1-7-15-23(26-8-2,27-9-3)19(6)24-17(4)16-21(18(24)5)22(25)20-13-11-10-12-14-20/h10-14,16,19H,7-9,15H2,1-6H3. The third-order valence-electron chi connectivity index (χ3n) is 5.16. The summed E-state index contributed by atoms with van der Waals surface area (Å²) in [4.78, 5) is 13.0. The van der Waals surface area contributed by atoms with Crippen molar-refractivity contribution in [3.05, 3.63) is 58.9 Å². The monoisotopic (exact) mass is 371 g/mol.